The lowest BCUT2D eigenvalue weighted by Gasteiger charge is -2.20. The van der Waals surface area contributed by atoms with Gasteiger partial charge in [-0.15, -0.1) is 0 Å². The van der Waals surface area contributed by atoms with E-state index in [9.17, 15) is 18.0 Å². The number of nitrogens with zero attached hydrogens (tertiary/aromatic N) is 1. The third kappa shape index (κ3) is 5.50. The summed E-state index contributed by atoms with van der Waals surface area (Å²) in [5, 5.41) is 5.41. The molecule has 2 N–H and O–H groups in total. The average molecular weight is 462 g/mol. The molecule has 0 unspecified atom stereocenters. The van der Waals surface area contributed by atoms with Crippen molar-refractivity contribution in [3.05, 3.63) is 47.5 Å². The fourth-order valence-electron chi connectivity index (χ4n) is 3.36. The molecule has 0 spiro atoms. The predicted octanol–water partition coefficient (Wildman–Crippen LogP) is 3.62. The van der Waals surface area contributed by atoms with E-state index in [1.165, 1.54) is 11.4 Å². The Morgan fingerprint density at radius 1 is 1.06 bits per heavy atom. The standard InChI is InChI=1S/C22H27N3O6S/c1-22(2,3)31-21(27)24-17-13-16(7-9-19(17)30-4)23-20(26)15-6-8-18-14(12-15)10-11-25(18)32(5,28)29/h6-9,12-13H,10-11H2,1-5H3,(H,23,26)(H,24,27). The molecule has 0 atom stereocenters. The highest BCUT2D eigenvalue weighted by atomic mass is 32.2. The number of anilines is 3. The van der Waals surface area contributed by atoms with Crippen LogP contribution >= 0.6 is 0 Å². The third-order valence-corrected chi connectivity index (χ3v) is 5.87. The smallest absolute Gasteiger partial charge is 0.412 e. The lowest BCUT2D eigenvalue weighted by Crippen LogP contribution is -2.27. The van der Waals surface area contributed by atoms with Gasteiger partial charge in [-0.05, 0) is 69.2 Å². The molecule has 2 amide bonds. The molecule has 0 saturated carbocycles. The highest BCUT2D eigenvalue weighted by Crippen LogP contribution is 2.32. The molecule has 0 fully saturated rings. The van der Waals surface area contributed by atoms with Crippen LogP contribution in [-0.4, -0.2) is 45.9 Å². The van der Waals surface area contributed by atoms with Gasteiger partial charge < -0.3 is 14.8 Å². The van der Waals surface area contributed by atoms with E-state index >= 15 is 0 Å². The first-order chi connectivity index (χ1) is 14.9. The zero-order valence-corrected chi connectivity index (χ0v) is 19.5. The van der Waals surface area contributed by atoms with E-state index in [1.807, 2.05) is 0 Å². The molecular formula is C22H27N3O6S. The van der Waals surface area contributed by atoms with Crippen molar-refractivity contribution < 1.29 is 27.5 Å². The Bertz CT molecular complexity index is 1150. The van der Waals surface area contributed by atoms with E-state index in [4.69, 9.17) is 9.47 Å². The van der Waals surface area contributed by atoms with Crippen molar-refractivity contribution in [2.45, 2.75) is 32.8 Å². The molecule has 1 aliphatic heterocycles. The molecule has 172 valence electrons. The largest absolute Gasteiger partial charge is 0.495 e. The molecule has 0 radical (unpaired) electrons. The van der Waals surface area contributed by atoms with Gasteiger partial charge in [-0.25, -0.2) is 13.2 Å². The van der Waals surface area contributed by atoms with Gasteiger partial charge in [-0.2, -0.15) is 0 Å². The van der Waals surface area contributed by atoms with Crippen LogP contribution in [0.3, 0.4) is 0 Å². The first-order valence-corrected chi connectivity index (χ1v) is 11.8. The molecule has 32 heavy (non-hydrogen) atoms. The van der Waals surface area contributed by atoms with E-state index in [2.05, 4.69) is 10.6 Å². The van der Waals surface area contributed by atoms with E-state index in [1.54, 1.807) is 57.2 Å². The fourth-order valence-corrected chi connectivity index (χ4v) is 4.32. The van der Waals surface area contributed by atoms with Crippen LogP contribution in [-0.2, 0) is 21.2 Å². The summed E-state index contributed by atoms with van der Waals surface area (Å²) in [6.45, 7) is 5.63. The number of benzene rings is 2. The molecule has 1 heterocycles. The van der Waals surface area contributed by atoms with E-state index in [0.29, 0.717) is 41.3 Å². The quantitative estimate of drug-likeness (QED) is 0.703. The van der Waals surface area contributed by atoms with Crippen LogP contribution in [0.5, 0.6) is 5.75 Å². The van der Waals surface area contributed by atoms with Crippen molar-refractivity contribution in [2.75, 3.05) is 34.8 Å². The predicted molar refractivity (Wildman–Crippen MR) is 123 cm³/mol. The minimum Gasteiger partial charge on any atom is -0.495 e. The highest BCUT2D eigenvalue weighted by molar-refractivity contribution is 7.92. The Balaban J connectivity index is 1.77. The Labute approximate surface area is 187 Å². The second kappa shape index (κ2) is 8.70. The van der Waals surface area contributed by atoms with Crippen LogP contribution in [0.1, 0.15) is 36.7 Å². The maximum atomic E-state index is 12.8. The number of ether oxygens (including phenoxy) is 2. The Morgan fingerprint density at radius 2 is 1.78 bits per heavy atom. The van der Waals surface area contributed by atoms with Crippen LogP contribution < -0.4 is 19.7 Å². The van der Waals surface area contributed by atoms with Crippen LogP contribution in [0.4, 0.5) is 21.9 Å². The summed E-state index contributed by atoms with van der Waals surface area (Å²) in [7, 11) is -1.88. The van der Waals surface area contributed by atoms with Crippen molar-refractivity contribution in [1.29, 1.82) is 0 Å². The van der Waals surface area contributed by atoms with Gasteiger partial charge in [0, 0.05) is 17.8 Å². The van der Waals surface area contributed by atoms with E-state index in [-0.39, 0.29) is 5.91 Å². The topological polar surface area (TPSA) is 114 Å². The number of fused-ring (bicyclic) bond motifs is 1. The summed E-state index contributed by atoms with van der Waals surface area (Å²) in [6.07, 6.45) is 1.05. The van der Waals surface area contributed by atoms with Gasteiger partial charge in [0.25, 0.3) is 5.91 Å². The first-order valence-electron chi connectivity index (χ1n) is 9.97. The molecule has 1 aliphatic rings. The van der Waals surface area contributed by atoms with E-state index in [0.717, 1.165) is 11.8 Å². The molecule has 10 heteroatoms. The van der Waals surface area contributed by atoms with Crippen LogP contribution in [0.25, 0.3) is 0 Å². The monoisotopic (exact) mass is 461 g/mol. The number of carbonyl (C=O) groups is 2. The van der Waals surface area contributed by atoms with E-state index < -0.39 is 21.7 Å². The zero-order valence-electron chi connectivity index (χ0n) is 18.7. The van der Waals surface area contributed by atoms with Crippen molar-refractivity contribution in [3.8, 4) is 5.75 Å². The molecule has 0 saturated heterocycles. The minimum atomic E-state index is -3.35. The van der Waals surface area contributed by atoms with Crippen molar-refractivity contribution >= 4 is 39.1 Å². The highest BCUT2D eigenvalue weighted by Gasteiger charge is 2.27. The van der Waals surface area contributed by atoms with Crippen molar-refractivity contribution in [3.63, 3.8) is 0 Å². The Hall–Kier alpha value is -3.27. The van der Waals surface area contributed by atoms with Gasteiger partial charge in [0.1, 0.15) is 11.4 Å². The average Bonchev–Trinajstić information content (AvgIpc) is 3.10. The second-order valence-electron chi connectivity index (χ2n) is 8.42. The lowest BCUT2D eigenvalue weighted by atomic mass is 10.1. The summed E-state index contributed by atoms with van der Waals surface area (Å²) >= 11 is 0. The van der Waals surface area contributed by atoms with Crippen LogP contribution in [0.15, 0.2) is 36.4 Å². The first kappa shape index (κ1) is 23.4. The fraction of sp³-hybridized carbons (Fsp3) is 0.364. The Morgan fingerprint density at radius 3 is 2.41 bits per heavy atom. The van der Waals surface area contributed by atoms with Gasteiger partial charge in [0.05, 0.1) is 24.7 Å². The molecule has 3 rings (SSSR count). The van der Waals surface area contributed by atoms with Gasteiger partial charge in [0.15, 0.2) is 0 Å². The van der Waals surface area contributed by atoms with Gasteiger partial charge in [-0.3, -0.25) is 14.4 Å². The summed E-state index contributed by atoms with van der Waals surface area (Å²) < 4.78 is 35.7. The number of sulfonamides is 1. The number of hydrogen-bond acceptors (Lipinski definition) is 6. The Kier molecular flexibility index (Phi) is 6.36. The lowest BCUT2D eigenvalue weighted by molar-refractivity contribution is 0.0635. The molecule has 0 aromatic heterocycles. The normalized spacial score (nSPS) is 13.3. The van der Waals surface area contributed by atoms with Crippen LogP contribution in [0.2, 0.25) is 0 Å². The molecule has 0 bridgehead atoms. The molecule has 0 aliphatic carbocycles. The number of methoxy groups -OCH3 is 1. The van der Waals surface area contributed by atoms with Gasteiger partial charge >= 0.3 is 6.09 Å². The summed E-state index contributed by atoms with van der Waals surface area (Å²) in [6, 6.07) is 9.76. The molecule has 9 nitrogen and oxygen atoms in total. The summed E-state index contributed by atoms with van der Waals surface area (Å²) in [5.74, 6) is 0.0474. The zero-order chi connectivity index (χ0) is 23.7. The summed E-state index contributed by atoms with van der Waals surface area (Å²) in [5.41, 5.74) is 1.92. The SMILES string of the molecule is COc1ccc(NC(=O)c2ccc3c(c2)CCN3S(C)(=O)=O)cc1NC(=O)OC(C)(C)C. The molecule has 2 aromatic carbocycles. The second-order valence-corrected chi connectivity index (χ2v) is 10.3. The number of amides is 2. The van der Waals surface area contributed by atoms with Crippen molar-refractivity contribution in [2.24, 2.45) is 0 Å². The van der Waals surface area contributed by atoms with Gasteiger partial charge in [-0.1, -0.05) is 0 Å². The van der Waals surface area contributed by atoms with Crippen molar-refractivity contribution in [1.82, 2.24) is 0 Å². The minimum absolute atomic E-state index is 0.345. The maximum Gasteiger partial charge on any atom is 0.412 e. The molecular weight excluding hydrogens is 434 g/mol. The number of carbonyl (C=O) groups excluding carboxylic acids is 2. The summed E-state index contributed by atoms with van der Waals surface area (Å²) in [4.78, 5) is 24.9. The third-order valence-electron chi connectivity index (χ3n) is 4.69. The van der Waals surface area contributed by atoms with Gasteiger partial charge in [0.2, 0.25) is 10.0 Å². The molecule has 2 aromatic rings. The van der Waals surface area contributed by atoms with Crippen LogP contribution in [0, 0.1) is 0 Å². The number of hydrogen-bond donors (Lipinski definition) is 2. The number of rotatable bonds is 5. The maximum absolute atomic E-state index is 12.8. The number of nitrogens with one attached hydrogen (secondary N) is 2.